The molecular formula is C39H40Cl2N8NiO5. The van der Waals surface area contributed by atoms with Crippen LogP contribution in [0.2, 0.25) is 10.0 Å². The minimum Gasteiger partial charge on any atom is -0.481 e. The van der Waals surface area contributed by atoms with Crippen LogP contribution in [0.15, 0.2) is 52.1 Å². The Morgan fingerprint density at radius 3 is 2.53 bits per heavy atom. The third-order valence-corrected chi connectivity index (χ3v) is 11.2. The number of urea groups is 1. The van der Waals surface area contributed by atoms with E-state index in [0.29, 0.717) is 47.1 Å². The summed E-state index contributed by atoms with van der Waals surface area (Å²) in [5.41, 5.74) is 4.94. The van der Waals surface area contributed by atoms with E-state index in [1.54, 1.807) is 34.3 Å². The molecule has 5 aromatic rings. The number of fused-ring (bicyclic) bond motifs is 2. The topological polar surface area (TPSA) is 137 Å². The van der Waals surface area contributed by atoms with E-state index < -0.39 is 11.2 Å². The maximum atomic E-state index is 12.6. The monoisotopic (exact) mass is 828 g/mol. The average Bonchev–Trinajstić information content (AvgIpc) is 3.88. The first kappa shape index (κ1) is 40.3. The number of pyridine rings is 1. The fraction of sp³-hybridized carbons (Fsp3) is 0.385. The second-order valence-electron chi connectivity index (χ2n) is 13.8. The van der Waals surface area contributed by atoms with Crippen molar-refractivity contribution in [1.82, 2.24) is 39.2 Å². The van der Waals surface area contributed by atoms with Crippen molar-refractivity contribution in [3.63, 3.8) is 0 Å². The summed E-state index contributed by atoms with van der Waals surface area (Å²) in [6.07, 6.45) is 5.42. The summed E-state index contributed by atoms with van der Waals surface area (Å²) in [5, 5.41) is 4.62. The summed E-state index contributed by atoms with van der Waals surface area (Å²) in [6.45, 7) is 5.25. The molecule has 2 amide bonds. The molecule has 290 valence electrons. The van der Waals surface area contributed by atoms with Gasteiger partial charge in [0.2, 0.25) is 5.88 Å². The Morgan fingerprint density at radius 1 is 1.02 bits per heavy atom. The van der Waals surface area contributed by atoms with Crippen LogP contribution < -0.4 is 21.3 Å². The van der Waals surface area contributed by atoms with Gasteiger partial charge in [-0.25, -0.2) is 14.6 Å². The van der Waals surface area contributed by atoms with Gasteiger partial charge in [-0.15, -0.1) is 17.2 Å². The zero-order valence-electron chi connectivity index (χ0n) is 31.0. The van der Waals surface area contributed by atoms with Crippen LogP contribution in [0.4, 0.5) is 4.79 Å². The van der Waals surface area contributed by atoms with Gasteiger partial charge in [0, 0.05) is 75.4 Å². The predicted molar refractivity (Wildman–Crippen MR) is 206 cm³/mol. The van der Waals surface area contributed by atoms with E-state index in [-0.39, 0.29) is 39.5 Å². The van der Waals surface area contributed by atoms with E-state index in [1.165, 1.54) is 17.2 Å². The summed E-state index contributed by atoms with van der Waals surface area (Å²) in [5.74, 6) is 1.11. The number of likely N-dealkylation sites (tertiary alicyclic amines) is 1. The number of methoxy groups -OCH3 is 2. The second-order valence-corrected chi connectivity index (χ2v) is 14.6. The Balaban J connectivity index is 0.000000270. The zero-order chi connectivity index (χ0) is 38.3. The molecule has 0 radical (unpaired) electrons. The van der Waals surface area contributed by atoms with Crippen LogP contribution in [0, 0.1) is 19.2 Å². The maximum absolute atomic E-state index is 12.6. The zero-order valence-corrected chi connectivity index (χ0v) is 33.5. The first-order valence-electron chi connectivity index (χ1n) is 17.6. The number of rotatable bonds is 7. The number of benzene rings is 2. The van der Waals surface area contributed by atoms with Crippen molar-refractivity contribution in [2.45, 2.75) is 37.8 Å². The standard InChI is InChI=1S/C30H31Cl2N4O3.C9H9N4O2.Ni/c1-38-15-14-36-18-30(34-29(36)37)12-13-35(17-30)25-11-10-19-16-24(33-28(39-2)26(19)25)22-8-5-7-21(27(22)32)20-6-3-4-9-23(20)31;1-5-10-4-6-7(11-5)12(2)9(15)13(3)8(6)14;/h3-8,16,25H,10-15,17-18H2,1-2H3,(H,34,37);1-3H3;/q2*-1;+2/t25-,30+;;/m1../s1. The van der Waals surface area contributed by atoms with Gasteiger partial charge in [0.1, 0.15) is 0 Å². The van der Waals surface area contributed by atoms with Gasteiger partial charge in [0.05, 0.1) is 30.6 Å². The molecule has 3 aromatic heterocycles. The third-order valence-electron chi connectivity index (χ3n) is 10.5. The maximum Gasteiger partial charge on any atom is 2.00 e. The SMILES string of the molecule is COCCN1C[C@@]2(CCN([C@@H]3CCc4cc(-c5cccc(-c6ccc[c-]c6Cl)c5Cl)nc(OC)c43)C2)NC1=O.Cc1n[c-]c2c(=O)n(C)c(=O)n(C)c2n1.[Ni+2]. The minimum absolute atomic E-state index is 0. The number of amides is 2. The number of aryl methyl sites for hydroxylation is 3. The van der Waals surface area contributed by atoms with E-state index in [1.807, 2.05) is 35.2 Å². The van der Waals surface area contributed by atoms with Gasteiger partial charge in [-0.1, -0.05) is 40.4 Å². The number of nitrogens with one attached hydrogen (secondary N) is 1. The summed E-state index contributed by atoms with van der Waals surface area (Å²) in [4.78, 5) is 53.0. The van der Waals surface area contributed by atoms with Gasteiger partial charge in [0.25, 0.3) is 0 Å². The van der Waals surface area contributed by atoms with Crippen LogP contribution in [0.3, 0.4) is 0 Å². The Morgan fingerprint density at radius 2 is 1.78 bits per heavy atom. The number of carbonyl (C=O) groups excluding carboxylic acids is 1. The van der Waals surface area contributed by atoms with Crippen molar-refractivity contribution < 1.29 is 30.8 Å². The van der Waals surface area contributed by atoms with E-state index in [4.69, 9.17) is 37.7 Å². The summed E-state index contributed by atoms with van der Waals surface area (Å²) in [6, 6.07) is 16.9. The molecule has 2 aromatic carbocycles. The quantitative estimate of drug-likeness (QED) is 0.182. The largest absolute Gasteiger partial charge is 2.00 e. The number of halogens is 2. The molecule has 16 heteroatoms. The molecule has 55 heavy (non-hydrogen) atoms. The number of hydrogen-bond acceptors (Lipinski definition) is 9. The van der Waals surface area contributed by atoms with Crippen LogP contribution in [0.25, 0.3) is 33.4 Å². The summed E-state index contributed by atoms with van der Waals surface area (Å²) < 4.78 is 13.4. The van der Waals surface area contributed by atoms with Crippen molar-refractivity contribution >= 4 is 40.3 Å². The first-order valence-corrected chi connectivity index (χ1v) is 18.4. The molecule has 2 aliphatic heterocycles. The Kier molecular flexibility index (Phi) is 12.0. The van der Waals surface area contributed by atoms with Gasteiger partial charge in [0.15, 0.2) is 5.56 Å². The van der Waals surface area contributed by atoms with Crippen LogP contribution >= 0.6 is 23.2 Å². The molecule has 0 bridgehead atoms. The molecule has 1 N–H and O–H groups in total. The second kappa shape index (κ2) is 16.4. The van der Waals surface area contributed by atoms with Crippen LogP contribution in [-0.2, 0) is 41.7 Å². The number of nitrogens with zero attached hydrogens (tertiary/aromatic N) is 7. The Hall–Kier alpha value is -4.33. The number of ether oxygens (including phenoxy) is 2. The van der Waals surface area contributed by atoms with Crippen molar-refractivity contribution in [3.05, 3.63) is 103 Å². The molecular weight excluding hydrogens is 790 g/mol. The summed E-state index contributed by atoms with van der Waals surface area (Å²) >= 11 is 13.4. The van der Waals surface area contributed by atoms with Crippen LogP contribution in [0.5, 0.6) is 5.88 Å². The fourth-order valence-electron chi connectivity index (χ4n) is 7.75. The number of hydrogen-bond donors (Lipinski definition) is 1. The normalized spacial score (nSPS) is 18.9. The van der Waals surface area contributed by atoms with Gasteiger partial charge in [-0.2, -0.15) is 24.3 Å². The summed E-state index contributed by atoms with van der Waals surface area (Å²) in [7, 11) is 6.31. The van der Waals surface area contributed by atoms with Crippen molar-refractivity contribution in [2.24, 2.45) is 14.1 Å². The van der Waals surface area contributed by atoms with Gasteiger partial charge in [-0.3, -0.25) is 4.90 Å². The van der Waals surface area contributed by atoms with Crippen molar-refractivity contribution in [1.29, 1.82) is 0 Å². The van der Waals surface area contributed by atoms with Gasteiger partial charge >= 0.3 is 28.2 Å². The van der Waals surface area contributed by atoms with Crippen LogP contribution in [-0.4, -0.2) is 92.5 Å². The average molecular weight is 830 g/mol. The molecule has 2 fully saturated rings. The molecule has 2 atom stereocenters. The van der Waals surface area contributed by atoms with E-state index in [9.17, 15) is 14.4 Å². The third kappa shape index (κ3) is 7.63. The Bertz CT molecular complexity index is 2390. The number of carbonyl (C=O) groups is 1. The molecule has 1 aliphatic carbocycles. The Labute approximate surface area is 338 Å². The molecule has 13 nitrogen and oxygen atoms in total. The molecule has 3 aliphatic rings. The van der Waals surface area contributed by atoms with E-state index in [2.05, 4.69) is 38.5 Å². The molecule has 0 saturated carbocycles. The molecule has 8 rings (SSSR count). The van der Waals surface area contributed by atoms with Gasteiger partial charge in [-0.05, 0) is 49.4 Å². The minimum atomic E-state index is -0.423. The van der Waals surface area contributed by atoms with Crippen molar-refractivity contribution in [3.8, 4) is 28.3 Å². The fourth-order valence-corrected chi connectivity index (χ4v) is 8.30. The molecule has 2 saturated heterocycles. The molecule has 0 unspecified atom stereocenters. The number of aromatic nitrogens is 5. The molecule has 5 heterocycles. The van der Waals surface area contributed by atoms with E-state index in [0.717, 1.165) is 64.9 Å². The first-order chi connectivity index (χ1) is 25.9. The van der Waals surface area contributed by atoms with Crippen LogP contribution in [0.1, 0.15) is 35.8 Å². The smallest absolute Gasteiger partial charge is 0.481 e. The van der Waals surface area contributed by atoms with Gasteiger partial charge < -0.3 is 43.6 Å². The van der Waals surface area contributed by atoms with E-state index >= 15 is 0 Å². The van der Waals surface area contributed by atoms with Crippen molar-refractivity contribution in [2.75, 3.05) is 47.0 Å². The molecule has 1 spiro atoms. The predicted octanol–water partition coefficient (Wildman–Crippen LogP) is 4.77.